The van der Waals surface area contributed by atoms with Gasteiger partial charge in [0.05, 0.1) is 12.5 Å². The average Bonchev–Trinajstić information content (AvgIpc) is 2.73. The molecule has 6 nitrogen and oxygen atoms in total. The normalized spacial score (nSPS) is 17.7. The highest BCUT2D eigenvalue weighted by molar-refractivity contribution is 5.81. The number of guanidine groups is 1. The summed E-state index contributed by atoms with van der Waals surface area (Å²) in [5, 5.41) is 3.50. The third-order valence-corrected chi connectivity index (χ3v) is 5.40. The van der Waals surface area contributed by atoms with Gasteiger partial charge in [-0.2, -0.15) is 0 Å². The maximum atomic E-state index is 12.1. The van der Waals surface area contributed by atoms with E-state index in [1.807, 2.05) is 6.92 Å². The maximum absolute atomic E-state index is 12.1. The van der Waals surface area contributed by atoms with Gasteiger partial charge in [-0.05, 0) is 44.0 Å². The molecule has 0 aliphatic carbocycles. The fourth-order valence-electron chi connectivity index (χ4n) is 3.70. The quantitative estimate of drug-likeness (QED) is 0.422. The molecule has 1 atom stereocenters. The molecule has 1 aromatic rings. The molecule has 1 unspecified atom stereocenters. The first-order valence-electron chi connectivity index (χ1n) is 10.5. The van der Waals surface area contributed by atoms with E-state index in [4.69, 9.17) is 4.74 Å². The number of piperidine rings is 1. The minimum Gasteiger partial charge on any atom is -0.466 e. The van der Waals surface area contributed by atoms with Crippen molar-refractivity contribution in [3.63, 3.8) is 0 Å². The number of benzene rings is 1. The van der Waals surface area contributed by atoms with Gasteiger partial charge in [0.25, 0.3) is 0 Å². The number of esters is 1. The van der Waals surface area contributed by atoms with Gasteiger partial charge in [0.15, 0.2) is 5.96 Å². The standard InChI is InChI=1S/C22H36N4O2/c1-5-25(6-2)16-19-12-9-8-11-18(19)15-24-22(23-4)26-14-10-13-20(17-26)21(27)28-7-3/h8-9,11-12,20H,5-7,10,13-17H2,1-4H3,(H,23,24). The number of aliphatic imine (C=N–C) groups is 1. The number of nitrogens with zero attached hydrogens (tertiary/aromatic N) is 3. The van der Waals surface area contributed by atoms with E-state index in [2.05, 4.69) is 58.2 Å². The second kappa shape index (κ2) is 11.7. The number of carbonyl (C=O) groups excluding carboxylic acids is 1. The van der Waals surface area contributed by atoms with Crippen LogP contribution >= 0.6 is 0 Å². The Morgan fingerprint density at radius 3 is 2.61 bits per heavy atom. The Bertz CT molecular complexity index is 643. The SMILES string of the molecule is CCOC(=O)C1CCCN(C(=NC)NCc2ccccc2CN(CC)CC)C1. The summed E-state index contributed by atoms with van der Waals surface area (Å²) in [7, 11) is 1.80. The first-order valence-corrected chi connectivity index (χ1v) is 10.5. The van der Waals surface area contributed by atoms with Gasteiger partial charge in [0, 0.05) is 33.2 Å². The summed E-state index contributed by atoms with van der Waals surface area (Å²) in [6.07, 6.45) is 1.86. The molecule has 156 valence electrons. The van der Waals surface area contributed by atoms with Crippen LogP contribution < -0.4 is 5.32 Å². The molecule has 2 rings (SSSR count). The van der Waals surface area contributed by atoms with Crippen molar-refractivity contribution in [2.24, 2.45) is 10.9 Å². The Morgan fingerprint density at radius 2 is 1.96 bits per heavy atom. The Kier molecular flexibility index (Phi) is 9.28. The number of carbonyl (C=O) groups is 1. The molecule has 0 amide bonds. The summed E-state index contributed by atoms with van der Waals surface area (Å²) in [5.41, 5.74) is 2.63. The van der Waals surface area contributed by atoms with E-state index in [1.165, 1.54) is 11.1 Å². The zero-order chi connectivity index (χ0) is 20.4. The van der Waals surface area contributed by atoms with Crippen LogP contribution in [0.25, 0.3) is 0 Å². The molecule has 1 N–H and O–H groups in total. The van der Waals surface area contributed by atoms with Gasteiger partial charge >= 0.3 is 5.97 Å². The van der Waals surface area contributed by atoms with Crippen LogP contribution in [0, 0.1) is 5.92 Å². The smallest absolute Gasteiger partial charge is 0.310 e. The minimum atomic E-state index is -0.0905. The Labute approximate surface area is 170 Å². The van der Waals surface area contributed by atoms with Gasteiger partial charge in [0.2, 0.25) is 0 Å². The number of nitrogens with one attached hydrogen (secondary N) is 1. The molecular formula is C22H36N4O2. The zero-order valence-electron chi connectivity index (χ0n) is 17.9. The second-order valence-corrected chi connectivity index (χ2v) is 7.17. The van der Waals surface area contributed by atoms with E-state index >= 15 is 0 Å². The van der Waals surface area contributed by atoms with E-state index in [0.717, 1.165) is 51.5 Å². The number of rotatable bonds is 8. The highest BCUT2D eigenvalue weighted by atomic mass is 16.5. The molecule has 1 aliphatic rings. The van der Waals surface area contributed by atoms with Crippen LogP contribution in [0.15, 0.2) is 29.3 Å². The van der Waals surface area contributed by atoms with Crippen molar-refractivity contribution in [1.29, 1.82) is 0 Å². The van der Waals surface area contributed by atoms with E-state index < -0.39 is 0 Å². The summed E-state index contributed by atoms with van der Waals surface area (Å²) in [6.45, 7) is 12.0. The minimum absolute atomic E-state index is 0.0674. The third kappa shape index (κ3) is 6.23. The molecule has 1 aliphatic heterocycles. The summed E-state index contributed by atoms with van der Waals surface area (Å²) >= 11 is 0. The van der Waals surface area contributed by atoms with Crippen molar-refractivity contribution in [1.82, 2.24) is 15.1 Å². The molecule has 0 spiro atoms. The summed E-state index contributed by atoms with van der Waals surface area (Å²) < 4.78 is 5.22. The lowest BCUT2D eigenvalue weighted by molar-refractivity contribution is -0.149. The molecule has 1 saturated heterocycles. The largest absolute Gasteiger partial charge is 0.466 e. The summed E-state index contributed by atoms with van der Waals surface area (Å²) in [4.78, 5) is 21.2. The van der Waals surface area contributed by atoms with Crippen LogP contribution in [0.5, 0.6) is 0 Å². The van der Waals surface area contributed by atoms with Crippen molar-refractivity contribution < 1.29 is 9.53 Å². The molecule has 0 saturated carbocycles. The van der Waals surface area contributed by atoms with Crippen molar-refractivity contribution in [3.8, 4) is 0 Å². The molecule has 1 heterocycles. The monoisotopic (exact) mass is 388 g/mol. The van der Waals surface area contributed by atoms with Crippen LogP contribution in [-0.2, 0) is 22.6 Å². The van der Waals surface area contributed by atoms with Crippen molar-refractivity contribution in [3.05, 3.63) is 35.4 Å². The highest BCUT2D eigenvalue weighted by Gasteiger charge is 2.28. The number of hydrogen-bond donors (Lipinski definition) is 1. The van der Waals surface area contributed by atoms with Crippen molar-refractivity contribution in [2.75, 3.05) is 39.8 Å². The number of likely N-dealkylation sites (tertiary alicyclic amines) is 1. The topological polar surface area (TPSA) is 57.2 Å². The second-order valence-electron chi connectivity index (χ2n) is 7.17. The molecule has 1 fully saturated rings. The predicted molar refractivity (Wildman–Crippen MR) is 114 cm³/mol. The van der Waals surface area contributed by atoms with Crippen LogP contribution in [0.4, 0.5) is 0 Å². The predicted octanol–water partition coefficient (Wildman–Crippen LogP) is 2.88. The van der Waals surface area contributed by atoms with Crippen LogP contribution in [0.2, 0.25) is 0 Å². The summed E-state index contributed by atoms with van der Waals surface area (Å²) in [5.74, 6) is 0.695. The zero-order valence-corrected chi connectivity index (χ0v) is 17.9. The van der Waals surface area contributed by atoms with Crippen LogP contribution in [-0.4, -0.2) is 61.6 Å². The maximum Gasteiger partial charge on any atom is 0.310 e. The van der Waals surface area contributed by atoms with E-state index in [0.29, 0.717) is 13.2 Å². The molecule has 0 radical (unpaired) electrons. The molecule has 0 aromatic heterocycles. The van der Waals surface area contributed by atoms with E-state index in [1.54, 1.807) is 7.05 Å². The molecule has 0 bridgehead atoms. The fourth-order valence-corrected chi connectivity index (χ4v) is 3.70. The van der Waals surface area contributed by atoms with E-state index in [9.17, 15) is 4.79 Å². The third-order valence-electron chi connectivity index (χ3n) is 5.40. The lowest BCUT2D eigenvalue weighted by Gasteiger charge is -2.34. The van der Waals surface area contributed by atoms with Gasteiger partial charge in [0.1, 0.15) is 0 Å². The molecule has 1 aromatic carbocycles. The lowest BCUT2D eigenvalue weighted by Crippen LogP contribution is -2.48. The molecule has 28 heavy (non-hydrogen) atoms. The Hall–Kier alpha value is -2.08. The van der Waals surface area contributed by atoms with Gasteiger partial charge in [-0.1, -0.05) is 38.1 Å². The van der Waals surface area contributed by atoms with Gasteiger partial charge in [-0.3, -0.25) is 14.7 Å². The van der Waals surface area contributed by atoms with Crippen LogP contribution in [0.1, 0.15) is 44.7 Å². The van der Waals surface area contributed by atoms with Gasteiger partial charge < -0.3 is 15.0 Å². The van der Waals surface area contributed by atoms with Gasteiger partial charge in [-0.25, -0.2) is 0 Å². The van der Waals surface area contributed by atoms with Gasteiger partial charge in [-0.15, -0.1) is 0 Å². The first-order chi connectivity index (χ1) is 13.6. The van der Waals surface area contributed by atoms with Crippen molar-refractivity contribution in [2.45, 2.75) is 46.7 Å². The molecule has 6 heteroatoms. The first kappa shape index (κ1) is 22.2. The number of hydrogen-bond acceptors (Lipinski definition) is 4. The Balaban J connectivity index is 2.00. The molecular weight excluding hydrogens is 352 g/mol. The van der Waals surface area contributed by atoms with E-state index in [-0.39, 0.29) is 11.9 Å². The average molecular weight is 389 g/mol. The lowest BCUT2D eigenvalue weighted by atomic mass is 9.98. The van der Waals surface area contributed by atoms with Crippen molar-refractivity contribution >= 4 is 11.9 Å². The Morgan fingerprint density at radius 1 is 1.25 bits per heavy atom. The van der Waals surface area contributed by atoms with Crippen LogP contribution in [0.3, 0.4) is 0 Å². The fraction of sp³-hybridized carbons (Fsp3) is 0.636. The number of ether oxygens (including phenoxy) is 1. The highest BCUT2D eigenvalue weighted by Crippen LogP contribution is 2.18. The summed E-state index contributed by atoms with van der Waals surface area (Å²) in [6, 6.07) is 8.57.